The fraction of sp³-hybridized carbons (Fsp3) is 0.226. The van der Waals surface area contributed by atoms with Crippen LogP contribution in [0.2, 0.25) is 0 Å². The molecular formula is C31H30FN7O3. The first-order valence-corrected chi connectivity index (χ1v) is 13.8. The van der Waals surface area contributed by atoms with E-state index >= 15 is 0 Å². The molecule has 1 saturated heterocycles. The number of aromatic nitrogens is 4. The van der Waals surface area contributed by atoms with Gasteiger partial charge in [-0.05, 0) is 86.1 Å². The Morgan fingerprint density at radius 1 is 1.07 bits per heavy atom. The Morgan fingerprint density at radius 3 is 2.52 bits per heavy atom. The molecule has 1 fully saturated rings. The average molecular weight is 568 g/mol. The number of fused-ring (bicyclic) bond motifs is 1. The third-order valence-electron chi connectivity index (χ3n) is 7.78. The summed E-state index contributed by atoms with van der Waals surface area (Å²) in [5.41, 5.74) is 10.3. The molecule has 0 saturated carbocycles. The normalized spacial score (nSPS) is 14.3. The van der Waals surface area contributed by atoms with E-state index < -0.39 is 17.3 Å². The number of nitrogens with two attached hydrogens (primary N) is 1. The van der Waals surface area contributed by atoms with Crippen molar-refractivity contribution in [3.63, 3.8) is 0 Å². The number of amides is 1. The standard InChI is InChI=1S/C31H30FN7O3/c32-22-5-9-24(10-6-22)38-13-1-2-25(31(38)42)30(41)36-23-7-3-20(4-8-23)26-18-27(39-28(26)29(33)34-19-35-39)21-11-14-37(15-12-21)16-17-40/h1-10,13,18-19,21,40H,11-12,14-17H2,(H,36,41)(H2,33,34,35). The Balaban J connectivity index is 1.24. The summed E-state index contributed by atoms with van der Waals surface area (Å²) in [4.78, 5) is 32.6. The number of nitrogen functional groups attached to an aromatic ring is 1. The number of carbonyl (C=O) groups excluding carboxylic acids is 1. The fourth-order valence-electron chi connectivity index (χ4n) is 5.60. The average Bonchev–Trinajstić information content (AvgIpc) is 3.40. The number of carbonyl (C=O) groups is 1. The fourth-order valence-corrected chi connectivity index (χ4v) is 5.60. The van der Waals surface area contributed by atoms with Gasteiger partial charge in [0.1, 0.15) is 23.2 Å². The van der Waals surface area contributed by atoms with Gasteiger partial charge < -0.3 is 21.1 Å². The number of halogens is 1. The number of hydrogen-bond acceptors (Lipinski definition) is 7. The Labute approximate surface area is 240 Å². The number of aliphatic hydroxyl groups excluding tert-OH is 1. The predicted octanol–water partition coefficient (Wildman–Crippen LogP) is 3.69. The molecule has 5 aromatic rings. The number of piperidine rings is 1. The maximum absolute atomic E-state index is 13.3. The van der Waals surface area contributed by atoms with Gasteiger partial charge in [-0.15, -0.1) is 0 Å². The second-order valence-electron chi connectivity index (χ2n) is 10.3. The van der Waals surface area contributed by atoms with Gasteiger partial charge in [0.15, 0.2) is 5.82 Å². The summed E-state index contributed by atoms with van der Waals surface area (Å²) in [5.74, 6) is -0.295. The van der Waals surface area contributed by atoms with Crippen molar-refractivity contribution in [2.75, 3.05) is 37.3 Å². The van der Waals surface area contributed by atoms with Crippen LogP contribution in [0.5, 0.6) is 0 Å². The zero-order valence-electron chi connectivity index (χ0n) is 22.8. The van der Waals surface area contributed by atoms with Crippen LogP contribution >= 0.6 is 0 Å². The molecule has 3 aromatic heterocycles. The highest BCUT2D eigenvalue weighted by Crippen LogP contribution is 2.36. The van der Waals surface area contributed by atoms with E-state index in [9.17, 15) is 19.1 Å². The van der Waals surface area contributed by atoms with Crippen molar-refractivity contribution >= 4 is 22.9 Å². The first-order valence-electron chi connectivity index (χ1n) is 13.8. The van der Waals surface area contributed by atoms with E-state index in [2.05, 4.69) is 26.4 Å². The van der Waals surface area contributed by atoms with Crippen molar-refractivity contribution in [2.45, 2.75) is 18.8 Å². The molecule has 6 rings (SSSR count). The number of nitrogens with zero attached hydrogens (tertiary/aromatic N) is 5. The maximum atomic E-state index is 13.3. The largest absolute Gasteiger partial charge is 0.395 e. The van der Waals surface area contributed by atoms with Gasteiger partial charge in [0.2, 0.25) is 0 Å². The Hall–Kier alpha value is -4.87. The Kier molecular flexibility index (Phi) is 7.51. The first-order chi connectivity index (χ1) is 20.4. The van der Waals surface area contributed by atoms with Crippen LogP contribution in [-0.4, -0.2) is 61.3 Å². The number of pyridine rings is 1. The lowest BCUT2D eigenvalue weighted by Gasteiger charge is -2.31. The van der Waals surface area contributed by atoms with Crippen LogP contribution in [0.4, 0.5) is 15.9 Å². The van der Waals surface area contributed by atoms with E-state index in [0.29, 0.717) is 29.7 Å². The monoisotopic (exact) mass is 567 g/mol. The van der Waals surface area contributed by atoms with Gasteiger partial charge in [-0.3, -0.25) is 14.2 Å². The van der Waals surface area contributed by atoms with E-state index in [-0.39, 0.29) is 12.2 Å². The summed E-state index contributed by atoms with van der Waals surface area (Å²) in [6, 6.07) is 17.9. The van der Waals surface area contributed by atoms with Crippen LogP contribution in [-0.2, 0) is 0 Å². The molecule has 2 aromatic carbocycles. The number of aliphatic hydroxyl groups is 1. The summed E-state index contributed by atoms with van der Waals surface area (Å²) in [5, 5.41) is 16.6. The van der Waals surface area contributed by atoms with Crippen molar-refractivity contribution in [3.8, 4) is 16.8 Å². The van der Waals surface area contributed by atoms with Crippen molar-refractivity contribution in [3.05, 3.63) is 107 Å². The molecule has 1 aliphatic rings. The highest BCUT2D eigenvalue weighted by molar-refractivity contribution is 6.04. The molecule has 0 spiro atoms. The number of hydrogen-bond donors (Lipinski definition) is 3. The molecule has 1 amide bonds. The molecular weight excluding hydrogens is 537 g/mol. The Morgan fingerprint density at radius 2 is 1.81 bits per heavy atom. The quantitative estimate of drug-likeness (QED) is 0.273. The van der Waals surface area contributed by atoms with E-state index in [1.165, 1.54) is 47.4 Å². The van der Waals surface area contributed by atoms with Gasteiger partial charge in [0.25, 0.3) is 11.5 Å². The van der Waals surface area contributed by atoms with Crippen molar-refractivity contribution in [1.82, 2.24) is 24.1 Å². The number of rotatable bonds is 7. The van der Waals surface area contributed by atoms with Crippen molar-refractivity contribution in [1.29, 1.82) is 0 Å². The molecule has 0 atom stereocenters. The summed E-state index contributed by atoms with van der Waals surface area (Å²) in [7, 11) is 0. The van der Waals surface area contributed by atoms with E-state index in [1.807, 2.05) is 16.6 Å². The summed E-state index contributed by atoms with van der Waals surface area (Å²) >= 11 is 0. The zero-order chi connectivity index (χ0) is 29.2. The lowest BCUT2D eigenvalue weighted by atomic mass is 9.93. The van der Waals surface area contributed by atoms with Gasteiger partial charge in [-0.1, -0.05) is 12.1 Å². The van der Waals surface area contributed by atoms with Gasteiger partial charge in [-0.2, -0.15) is 5.10 Å². The minimum atomic E-state index is -0.550. The molecule has 11 heteroatoms. The zero-order valence-corrected chi connectivity index (χ0v) is 22.8. The van der Waals surface area contributed by atoms with E-state index in [0.717, 1.165) is 48.3 Å². The second kappa shape index (κ2) is 11.6. The summed E-state index contributed by atoms with van der Waals surface area (Å²) in [6.45, 7) is 2.64. The molecule has 214 valence electrons. The molecule has 10 nitrogen and oxygen atoms in total. The summed E-state index contributed by atoms with van der Waals surface area (Å²) < 4.78 is 16.5. The van der Waals surface area contributed by atoms with Gasteiger partial charge in [0.05, 0.1) is 6.61 Å². The smallest absolute Gasteiger partial charge is 0.267 e. The molecule has 0 bridgehead atoms. The van der Waals surface area contributed by atoms with Gasteiger partial charge in [-0.25, -0.2) is 13.9 Å². The third-order valence-corrected chi connectivity index (χ3v) is 7.78. The minimum absolute atomic E-state index is 0.0380. The van der Waals surface area contributed by atoms with E-state index in [1.54, 1.807) is 18.2 Å². The lowest BCUT2D eigenvalue weighted by Crippen LogP contribution is -2.35. The van der Waals surface area contributed by atoms with Crippen LogP contribution in [0, 0.1) is 5.82 Å². The first kappa shape index (κ1) is 27.3. The predicted molar refractivity (Wildman–Crippen MR) is 158 cm³/mol. The topological polar surface area (TPSA) is 131 Å². The van der Waals surface area contributed by atoms with E-state index in [4.69, 9.17) is 5.73 Å². The highest BCUT2D eigenvalue weighted by Gasteiger charge is 2.25. The molecule has 1 aliphatic heterocycles. The maximum Gasteiger partial charge on any atom is 0.267 e. The molecule has 0 aliphatic carbocycles. The van der Waals surface area contributed by atoms with Gasteiger partial charge in [0, 0.05) is 41.3 Å². The SMILES string of the molecule is Nc1ncnn2c(C3CCN(CCO)CC3)cc(-c3ccc(NC(=O)c4cccn(-c5ccc(F)cc5)c4=O)cc3)c12. The second-order valence-corrected chi connectivity index (χ2v) is 10.3. The van der Waals surface area contributed by atoms with Crippen molar-refractivity contribution < 1.29 is 14.3 Å². The number of anilines is 2. The molecule has 0 unspecified atom stereocenters. The van der Waals surface area contributed by atoms with Crippen LogP contribution in [0.1, 0.15) is 34.8 Å². The molecule has 0 radical (unpaired) electrons. The highest BCUT2D eigenvalue weighted by atomic mass is 19.1. The van der Waals surface area contributed by atoms with Gasteiger partial charge >= 0.3 is 0 Å². The number of nitrogens with one attached hydrogen (secondary N) is 1. The Bertz CT molecular complexity index is 1790. The van der Waals surface area contributed by atoms with Crippen LogP contribution in [0.3, 0.4) is 0 Å². The van der Waals surface area contributed by atoms with Crippen LogP contribution < -0.4 is 16.6 Å². The number of benzene rings is 2. The van der Waals surface area contributed by atoms with Crippen molar-refractivity contribution in [2.24, 2.45) is 0 Å². The van der Waals surface area contributed by atoms with Crippen LogP contribution in [0.15, 0.2) is 84.0 Å². The molecule has 4 heterocycles. The third kappa shape index (κ3) is 5.27. The molecule has 4 N–H and O–H groups in total. The molecule has 42 heavy (non-hydrogen) atoms. The number of likely N-dealkylation sites (tertiary alicyclic amines) is 1. The lowest BCUT2D eigenvalue weighted by molar-refractivity contribution is 0.102. The minimum Gasteiger partial charge on any atom is -0.395 e. The number of β-amino-alcohol motifs (C(OH)–C–C–N with tert-alkyl or cyclic N) is 1. The van der Waals surface area contributed by atoms with Crippen LogP contribution in [0.25, 0.3) is 22.3 Å². The summed E-state index contributed by atoms with van der Waals surface area (Å²) in [6.07, 6.45) is 4.89.